The average Bonchev–Trinajstić information content (AvgIpc) is 2.76. The Morgan fingerprint density at radius 3 is 2.34 bits per heavy atom. The molecule has 0 bridgehead atoms. The highest BCUT2D eigenvalue weighted by molar-refractivity contribution is 5.97. The second-order valence-corrected chi connectivity index (χ2v) is 6.65. The number of hydrogen-bond acceptors (Lipinski definition) is 4. The summed E-state index contributed by atoms with van der Waals surface area (Å²) in [5.74, 6) is 0.361. The van der Waals surface area contributed by atoms with Gasteiger partial charge in [-0.2, -0.15) is 0 Å². The van der Waals surface area contributed by atoms with Gasteiger partial charge in [0.05, 0.1) is 26.8 Å². The first kappa shape index (κ1) is 20.2. The van der Waals surface area contributed by atoms with Crippen molar-refractivity contribution < 1.29 is 19.1 Å². The number of ether oxygens (including phenoxy) is 2. The van der Waals surface area contributed by atoms with Crippen molar-refractivity contribution in [3.63, 3.8) is 0 Å². The summed E-state index contributed by atoms with van der Waals surface area (Å²) < 4.78 is 10.4. The molecule has 150 valence electrons. The van der Waals surface area contributed by atoms with Crippen LogP contribution in [0.2, 0.25) is 0 Å². The van der Waals surface area contributed by atoms with Crippen molar-refractivity contribution >= 4 is 22.6 Å². The molecule has 0 saturated heterocycles. The summed E-state index contributed by atoms with van der Waals surface area (Å²) in [5, 5.41) is 7.81. The van der Waals surface area contributed by atoms with Gasteiger partial charge in [-0.3, -0.25) is 9.59 Å². The van der Waals surface area contributed by atoms with E-state index in [1.165, 1.54) is 14.2 Å². The van der Waals surface area contributed by atoms with Crippen LogP contribution in [0.1, 0.15) is 28.9 Å². The monoisotopic (exact) mass is 392 g/mol. The lowest BCUT2D eigenvalue weighted by Gasteiger charge is -2.15. The highest BCUT2D eigenvalue weighted by atomic mass is 16.5. The van der Waals surface area contributed by atoms with E-state index in [0.717, 1.165) is 16.3 Å². The van der Waals surface area contributed by atoms with Crippen molar-refractivity contribution in [1.29, 1.82) is 0 Å². The molecule has 2 amide bonds. The highest BCUT2D eigenvalue weighted by Crippen LogP contribution is 2.27. The summed E-state index contributed by atoms with van der Waals surface area (Å²) in [7, 11) is 3.03. The summed E-state index contributed by atoms with van der Waals surface area (Å²) >= 11 is 0. The molecular formula is C23H24N2O4. The lowest BCUT2D eigenvalue weighted by Crippen LogP contribution is -2.38. The van der Waals surface area contributed by atoms with Crippen molar-refractivity contribution in [2.75, 3.05) is 20.8 Å². The van der Waals surface area contributed by atoms with Crippen molar-refractivity contribution in [3.8, 4) is 11.5 Å². The minimum Gasteiger partial charge on any atom is -0.493 e. The van der Waals surface area contributed by atoms with E-state index in [1.54, 1.807) is 18.2 Å². The Morgan fingerprint density at radius 2 is 1.62 bits per heavy atom. The molecule has 1 atom stereocenters. The second-order valence-electron chi connectivity index (χ2n) is 6.65. The third-order valence-corrected chi connectivity index (χ3v) is 4.71. The maximum atomic E-state index is 12.3. The van der Waals surface area contributed by atoms with Gasteiger partial charge in [0.25, 0.3) is 5.91 Å². The first-order valence-corrected chi connectivity index (χ1v) is 9.30. The average molecular weight is 392 g/mol. The van der Waals surface area contributed by atoms with Crippen LogP contribution in [0.25, 0.3) is 10.8 Å². The quantitative estimate of drug-likeness (QED) is 0.646. The number of nitrogens with one attached hydrogen (secondary N) is 2. The number of carbonyl (C=O) groups is 2. The molecule has 3 aromatic rings. The molecule has 3 rings (SSSR count). The molecule has 29 heavy (non-hydrogen) atoms. The summed E-state index contributed by atoms with van der Waals surface area (Å²) in [6.45, 7) is 1.79. The Labute approximate surface area is 169 Å². The van der Waals surface area contributed by atoms with E-state index in [-0.39, 0.29) is 24.4 Å². The van der Waals surface area contributed by atoms with Gasteiger partial charge in [0.2, 0.25) is 5.91 Å². The van der Waals surface area contributed by atoms with Crippen LogP contribution in [0.15, 0.2) is 60.7 Å². The molecule has 0 heterocycles. The van der Waals surface area contributed by atoms with Gasteiger partial charge in [0.1, 0.15) is 0 Å². The van der Waals surface area contributed by atoms with Crippen LogP contribution in [0.5, 0.6) is 11.5 Å². The Balaban J connectivity index is 1.58. The zero-order valence-corrected chi connectivity index (χ0v) is 16.7. The molecule has 6 nitrogen and oxygen atoms in total. The number of hydrogen-bond donors (Lipinski definition) is 2. The van der Waals surface area contributed by atoms with Crippen LogP contribution in [0.4, 0.5) is 0 Å². The molecule has 0 fully saturated rings. The Hall–Kier alpha value is -3.54. The van der Waals surface area contributed by atoms with E-state index in [9.17, 15) is 9.59 Å². The second kappa shape index (κ2) is 9.10. The predicted molar refractivity (Wildman–Crippen MR) is 112 cm³/mol. The topological polar surface area (TPSA) is 76.7 Å². The zero-order valence-electron chi connectivity index (χ0n) is 16.7. The molecule has 0 aliphatic carbocycles. The maximum absolute atomic E-state index is 12.3. The van der Waals surface area contributed by atoms with E-state index in [2.05, 4.69) is 16.7 Å². The Kier molecular flexibility index (Phi) is 6.34. The third-order valence-electron chi connectivity index (χ3n) is 4.71. The summed E-state index contributed by atoms with van der Waals surface area (Å²) in [6.07, 6.45) is 0. The van der Waals surface area contributed by atoms with Crippen LogP contribution in [0.3, 0.4) is 0 Å². The fourth-order valence-corrected chi connectivity index (χ4v) is 3.09. The Morgan fingerprint density at radius 1 is 0.897 bits per heavy atom. The van der Waals surface area contributed by atoms with E-state index in [0.29, 0.717) is 17.1 Å². The third kappa shape index (κ3) is 4.85. The maximum Gasteiger partial charge on any atom is 0.251 e. The van der Waals surface area contributed by atoms with Crippen LogP contribution >= 0.6 is 0 Å². The van der Waals surface area contributed by atoms with Gasteiger partial charge in [-0.25, -0.2) is 0 Å². The van der Waals surface area contributed by atoms with Crippen molar-refractivity contribution in [2.24, 2.45) is 0 Å². The Bertz CT molecular complexity index is 1030. The summed E-state index contributed by atoms with van der Waals surface area (Å²) in [5.41, 5.74) is 1.39. The lowest BCUT2D eigenvalue weighted by molar-refractivity contribution is -0.120. The molecule has 3 aromatic carbocycles. The minimum atomic E-state index is -0.362. The van der Waals surface area contributed by atoms with Gasteiger partial charge < -0.3 is 20.1 Å². The van der Waals surface area contributed by atoms with Crippen LogP contribution in [0, 0.1) is 0 Å². The van der Waals surface area contributed by atoms with Gasteiger partial charge >= 0.3 is 0 Å². The van der Waals surface area contributed by atoms with E-state index < -0.39 is 0 Å². The van der Waals surface area contributed by atoms with Crippen LogP contribution in [-0.2, 0) is 4.79 Å². The first-order valence-electron chi connectivity index (χ1n) is 9.30. The molecule has 0 saturated carbocycles. The van der Waals surface area contributed by atoms with Crippen LogP contribution < -0.4 is 20.1 Å². The first-order chi connectivity index (χ1) is 14.0. The van der Waals surface area contributed by atoms with Crippen molar-refractivity contribution in [2.45, 2.75) is 13.0 Å². The number of fused-ring (bicyclic) bond motifs is 1. The number of carbonyl (C=O) groups excluding carboxylic acids is 2. The summed E-state index contributed by atoms with van der Waals surface area (Å²) in [6, 6.07) is 18.8. The van der Waals surface area contributed by atoms with Gasteiger partial charge in [-0.15, -0.1) is 0 Å². The number of rotatable bonds is 7. The van der Waals surface area contributed by atoms with Gasteiger partial charge in [-0.1, -0.05) is 36.4 Å². The SMILES string of the molecule is COc1ccc(C(=O)NCC(=O)NC(C)c2ccc3ccccc3c2)cc1OC. The number of amides is 2. The van der Waals surface area contributed by atoms with Gasteiger partial charge in [-0.05, 0) is 47.5 Å². The van der Waals surface area contributed by atoms with Crippen molar-refractivity contribution in [1.82, 2.24) is 10.6 Å². The molecule has 6 heteroatoms. The van der Waals surface area contributed by atoms with Crippen molar-refractivity contribution in [3.05, 3.63) is 71.8 Å². The van der Waals surface area contributed by atoms with Gasteiger partial charge in [0, 0.05) is 5.56 Å². The fourth-order valence-electron chi connectivity index (χ4n) is 3.09. The molecule has 0 aromatic heterocycles. The van der Waals surface area contributed by atoms with Gasteiger partial charge in [0.15, 0.2) is 11.5 Å². The zero-order chi connectivity index (χ0) is 20.8. The summed E-state index contributed by atoms with van der Waals surface area (Å²) in [4.78, 5) is 24.6. The fraction of sp³-hybridized carbons (Fsp3) is 0.217. The number of methoxy groups -OCH3 is 2. The van der Waals surface area contributed by atoms with Crippen LogP contribution in [-0.4, -0.2) is 32.6 Å². The van der Waals surface area contributed by atoms with E-state index in [1.807, 2.05) is 43.3 Å². The smallest absolute Gasteiger partial charge is 0.251 e. The molecule has 2 N–H and O–H groups in total. The van der Waals surface area contributed by atoms with E-state index >= 15 is 0 Å². The predicted octanol–water partition coefficient (Wildman–Crippen LogP) is 3.46. The molecule has 0 aliphatic rings. The lowest BCUT2D eigenvalue weighted by atomic mass is 10.0. The molecule has 1 unspecified atom stereocenters. The molecule has 0 aliphatic heterocycles. The molecular weight excluding hydrogens is 368 g/mol. The molecule has 0 radical (unpaired) electrons. The normalized spacial score (nSPS) is 11.6. The highest BCUT2D eigenvalue weighted by Gasteiger charge is 2.14. The standard InChI is InChI=1S/C23H24N2O4/c1-15(17-9-8-16-6-4-5-7-18(16)12-17)25-22(26)14-24-23(27)19-10-11-20(28-2)21(13-19)29-3/h4-13,15H,14H2,1-3H3,(H,24,27)(H,25,26). The van der Waals surface area contributed by atoms with E-state index in [4.69, 9.17) is 9.47 Å². The minimum absolute atomic E-state index is 0.120. The largest absolute Gasteiger partial charge is 0.493 e. The molecule has 0 spiro atoms. The number of benzene rings is 3.